The van der Waals surface area contributed by atoms with Crippen LogP contribution in [-0.4, -0.2) is 23.3 Å². The highest BCUT2D eigenvalue weighted by molar-refractivity contribution is 7.99. The summed E-state index contributed by atoms with van der Waals surface area (Å²) in [7, 11) is 0. The molecule has 0 spiro atoms. The van der Waals surface area contributed by atoms with Gasteiger partial charge < -0.3 is 10.4 Å². The lowest BCUT2D eigenvalue weighted by atomic mass is 10.1. The van der Waals surface area contributed by atoms with Gasteiger partial charge in [-0.3, -0.25) is 4.79 Å². The Balaban J connectivity index is 1.80. The first-order valence-electron chi connectivity index (χ1n) is 6.42. The zero-order valence-electron chi connectivity index (χ0n) is 11.3. The van der Waals surface area contributed by atoms with Crippen LogP contribution in [0.4, 0.5) is 0 Å². The van der Waals surface area contributed by atoms with Crippen LogP contribution in [0, 0.1) is 6.92 Å². The quantitative estimate of drug-likeness (QED) is 0.656. The second-order valence-corrected chi connectivity index (χ2v) is 5.61. The summed E-state index contributed by atoms with van der Waals surface area (Å²) in [4.78, 5) is 13.1. The summed E-state index contributed by atoms with van der Waals surface area (Å²) in [6.07, 6.45) is 0. The number of amides is 1. The predicted molar refractivity (Wildman–Crippen MR) is 82.3 cm³/mol. The molecule has 2 aromatic carbocycles. The fraction of sp³-hybridized carbons (Fsp3) is 0.188. The van der Waals surface area contributed by atoms with Gasteiger partial charge in [0.2, 0.25) is 0 Å². The normalized spacial score (nSPS) is 10.2. The molecule has 0 saturated heterocycles. The molecular formula is C16H17NO2S. The zero-order chi connectivity index (χ0) is 14.4. The fourth-order valence-corrected chi connectivity index (χ4v) is 2.57. The molecule has 2 rings (SSSR count). The number of benzene rings is 2. The van der Waals surface area contributed by atoms with E-state index >= 15 is 0 Å². The van der Waals surface area contributed by atoms with Crippen LogP contribution >= 0.6 is 11.8 Å². The molecule has 2 N–H and O–H groups in total. The average Bonchev–Trinajstić information content (AvgIpc) is 2.44. The Kier molecular flexibility index (Phi) is 5.07. The fourth-order valence-electron chi connectivity index (χ4n) is 1.78. The van der Waals surface area contributed by atoms with Crippen LogP contribution in [0.3, 0.4) is 0 Å². The van der Waals surface area contributed by atoms with Gasteiger partial charge in [-0.2, -0.15) is 0 Å². The summed E-state index contributed by atoms with van der Waals surface area (Å²) in [6, 6.07) is 15.1. The van der Waals surface area contributed by atoms with E-state index in [0.29, 0.717) is 12.1 Å². The van der Waals surface area contributed by atoms with Gasteiger partial charge in [0.05, 0.1) is 5.56 Å². The van der Waals surface area contributed by atoms with Crippen LogP contribution < -0.4 is 5.32 Å². The van der Waals surface area contributed by atoms with E-state index < -0.39 is 0 Å². The van der Waals surface area contributed by atoms with Gasteiger partial charge in [-0.1, -0.05) is 24.3 Å². The summed E-state index contributed by atoms with van der Waals surface area (Å²) >= 11 is 1.69. The Labute approximate surface area is 123 Å². The Morgan fingerprint density at radius 3 is 2.65 bits per heavy atom. The Hall–Kier alpha value is -1.94. The van der Waals surface area contributed by atoms with Crippen LogP contribution in [0.1, 0.15) is 15.9 Å². The summed E-state index contributed by atoms with van der Waals surface area (Å²) in [5.74, 6) is 0.580. The van der Waals surface area contributed by atoms with Crippen molar-refractivity contribution in [2.75, 3.05) is 12.3 Å². The highest BCUT2D eigenvalue weighted by Gasteiger charge is 2.10. The molecule has 104 valence electrons. The lowest BCUT2D eigenvalue weighted by Gasteiger charge is -2.07. The first-order valence-corrected chi connectivity index (χ1v) is 7.41. The number of nitrogens with one attached hydrogen (secondary N) is 1. The van der Waals surface area contributed by atoms with Crippen molar-refractivity contribution in [1.29, 1.82) is 0 Å². The number of carbonyl (C=O) groups is 1. The number of thioether (sulfide) groups is 1. The Bertz CT molecular complexity index is 584. The number of carbonyl (C=O) groups excluding carboxylic acids is 1. The molecule has 0 heterocycles. The van der Waals surface area contributed by atoms with Gasteiger partial charge in [0.25, 0.3) is 5.91 Å². The van der Waals surface area contributed by atoms with E-state index in [1.54, 1.807) is 23.9 Å². The van der Waals surface area contributed by atoms with Gasteiger partial charge in [-0.15, -0.1) is 11.8 Å². The highest BCUT2D eigenvalue weighted by atomic mass is 32.2. The molecule has 0 aromatic heterocycles. The standard InChI is InChI=1S/C16H17NO2S/c1-12-7-8-14(15(18)11-12)16(19)17-9-10-20-13-5-3-2-4-6-13/h2-8,11,18H,9-10H2,1H3,(H,17,19). The second kappa shape index (κ2) is 7.01. The monoisotopic (exact) mass is 287 g/mol. The summed E-state index contributed by atoms with van der Waals surface area (Å²) in [5, 5.41) is 12.5. The molecule has 20 heavy (non-hydrogen) atoms. The van der Waals surface area contributed by atoms with Gasteiger partial charge in [-0.05, 0) is 36.8 Å². The van der Waals surface area contributed by atoms with E-state index in [1.165, 1.54) is 4.90 Å². The van der Waals surface area contributed by atoms with E-state index in [9.17, 15) is 9.90 Å². The van der Waals surface area contributed by atoms with Crippen LogP contribution in [0.2, 0.25) is 0 Å². The molecule has 1 amide bonds. The number of phenolic OH excluding ortho intramolecular Hbond substituents is 1. The molecule has 0 atom stereocenters. The topological polar surface area (TPSA) is 49.3 Å². The van der Waals surface area contributed by atoms with Gasteiger partial charge in [0.1, 0.15) is 5.75 Å². The number of aromatic hydroxyl groups is 1. The smallest absolute Gasteiger partial charge is 0.255 e. The predicted octanol–water partition coefficient (Wildman–Crippen LogP) is 3.22. The van der Waals surface area contributed by atoms with E-state index in [1.807, 2.05) is 43.3 Å². The molecule has 4 heteroatoms. The maximum absolute atomic E-state index is 11.9. The molecule has 0 unspecified atom stereocenters. The summed E-state index contributed by atoms with van der Waals surface area (Å²) in [5.41, 5.74) is 1.25. The largest absolute Gasteiger partial charge is 0.507 e. The third-order valence-corrected chi connectivity index (χ3v) is 3.81. The van der Waals surface area contributed by atoms with Gasteiger partial charge in [0, 0.05) is 17.2 Å². The third-order valence-electron chi connectivity index (χ3n) is 2.80. The van der Waals surface area contributed by atoms with Crippen molar-refractivity contribution in [3.05, 3.63) is 59.7 Å². The molecule has 0 bridgehead atoms. The molecule has 0 aliphatic rings. The summed E-state index contributed by atoms with van der Waals surface area (Å²) in [6.45, 7) is 2.43. The number of hydrogen-bond donors (Lipinski definition) is 2. The Morgan fingerprint density at radius 2 is 1.95 bits per heavy atom. The van der Waals surface area contributed by atoms with Crippen LogP contribution in [0.25, 0.3) is 0 Å². The number of phenols is 1. The van der Waals surface area contributed by atoms with Crippen LogP contribution in [-0.2, 0) is 0 Å². The zero-order valence-corrected chi connectivity index (χ0v) is 12.1. The van der Waals surface area contributed by atoms with Gasteiger partial charge >= 0.3 is 0 Å². The molecule has 2 aromatic rings. The van der Waals surface area contributed by atoms with Crippen molar-refractivity contribution in [2.24, 2.45) is 0 Å². The minimum absolute atomic E-state index is 0.0261. The molecule has 0 fully saturated rings. The molecule has 3 nitrogen and oxygen atoms in total. The van der Waals surface area contributed by atoms with E-state index in [4.69, 9.17) is 0 Å². The summed E-state index contributed by atoms with van der Waals surface area (Å²) < 4.78 is 0. The van der Waals surface area contributed by atoms with E-state index in [0.717, 1.165) is 11.3 Å². The lowest BCUT2D eigenvalue weighted by molar-refractivity contribution is 0.0953. The SMILES string of the molecule is Cc1ccc(C(=O)NCCSc2ccccc2)c(O)c1. The number of rotatable bonds is 5. The van der Waals surface area contributed by atoms with Crippen LogP contribution in [0.15, 0.2) is 53.4 Å². The molecule has 0 saturated carbocycles. The van der Waals surface area contributed by atoms with Crippen molar-refractivity contribution in [2.45, 2.75) is 11.8 Å². The van der Waals surface area contributed by atoms with Crippen molar-refractivity contribution in [3.8, 4) is 5.75 Å². The average molecular weight is 287 g/mol. The van der Waals surface area contributed by atoms with E-state index in [-0.39, 0.29) is 11.7 Å². The number of aryl methyl sites for hydroxylation is 1. The Morgan fingerprint density at radius 1 is 1.20 bits per heavy atom. The van der Waals surface area contributed by atoms with Gasteiger partial charge in [0.15, 0.2) is 0 Å². The lowest BCUT2D eigenvalue weighted by Crippen LogP contribution is -2.25. The van der Waals surface area contributed by atoms with Gasteiger partial charge in [-0.25, -0.2) is 0 Å². The van der Waals surface area contributed by atoms with Crippen molar-refractivity contribution in [1.82, 2.24) is 5.32 Å². The molecule has 0 aliphatic carbocycles. The van der Waals surface area contributed by atoms with E-state index in [2.05, 4.69) is 5.32 Å². The molecule has 0 radical (unpaired) electrons. The maximum atomic E-state index is 11.9. The second-order valence-electron chi connectivity index (χ2n) is 4.44. The first-order chi connectivity index (χ1) is 9.66. The van der Waals surface area contributed by atoms with Crippen molar-refractivity contribution >= 4 is 17.7 Å². The highest BCUT2D eigenvalue weighted by Crippen LogP contribution is 2.19. The maximum Gasteiger partial charge on any atom is 0.255 e. The minimum atomic E-state index is -0.240. The first kappa shape index (κ1) is 14.5. The number of hydrogen-bond acceptors (Lipinski definition) is 3. The van der Waals surface area contributed by atoms with Crippen LogP contribution in [0.5, 0.6) is 5.75 Å². The van der Waals surface area contributed by atoms with Crippen molar-refractivity contribution < 1.29 is 9.90 Å². The van der Waals surface area contributed by atoms with Crippen molar-refractivity contribution in [3.63, 3.8) is 0 Å². The minimum Gasteiger partial charge on any atom is -0.507 e. The molecule has 0 aliphatic heterocycles. The molecular weight excluding hydrogens is 270 g/mol. The third kappa shape index (κ3) is 4.03.